The highest BCUT2D eigenvalue weighted by molar-refractivity contribution is 8.01. The quantitative estimate of drug-likeness (QED) is 0.226. The first-order valence-electron chi connectivity index (χ1n) is 13.8. The van der Waals surface area contributed by atoms with E-state index in [4.69, 9.17) is 4.74 Å². The Morgan fingerprint density at radius 3 is 1.93 bits per heavy atom. The summed E-state index contributed by atoms with van der Waals surface area (Å²) in [6, 6.07) is 31.3. The van der Waals surface area contributed by atoms with Crippen molar-refractivity contribution in [1.29, 1.82) is 0 Å². The summed E-state index contributed by atoms with van der Waals surface area (Å²) in [7, 11) is 0. The third-order valence-corrected chi connectivity index (χ3v) is 9.79. The molecule has 0 radical (unpaired) electrons. The van der Waals surface area contributed by atoms with Gasteiger partial charge in [-0.2, -0.15) is 0 Å². The molecule has 1 saturated heterocycles. The van der Waals surface area contributed by atoms with E-state index >= 15 is 0 Å². The Kier molecular flexibility index (Phi) is 8.80. The van der Waals surface area contributed by atoms with E-state index in [1.54, 1.807) is 16.6 Å². The molecule has 2 heterocycles. The number of nitrogens with one attached hydrogen (secondary N) is 1. The van der Waals surface area contributed by atoms with Crippen LogP contribution in [0.3, 0.4) is 0 Å². The maximum atomic E-state index is 13.4. The highest BCUT2D eigenvalue weighted by Gasteiger charge is 2.46. The zero-order valence-electron chi connectivity index (χ0n) is 23.5. The summed E-state index contributed by atoms with van der Waals surface area (Å²) >= 11 is 3.14. The summed E-state index contributed by atoms with van der Waals surface area (Å²) < 4.78 is 5.28. The van der Waals surface area contributed by atoms with Gasteiger partial charge in [-0.1, -0.05) is 91.0 Å². The molecular weight excluding hydrogens is 551 g/mol. The van der Waals surface area contributed by atoms with E-state index in [9.17, 15) is 9.59 Å². The van der Waals surface area contributed by atoms with Gasteiger partial charge in [-0.15, -0.1) is 23.1 Å². The summed E-state index contributed by atoms with van der Waals surface area (Å²) in [4.78, 5) is 32.8. The lowest BCUT2D eigenvalue weighted by atomic mass is 9.84. The number of hydrogen-bond donors (Lipinski definition) is 1. The number of ether oxygens (including phenoxy) is 1. The Balaban J connectivity index is 1.56. The van der Waals surface area contributed by atoms with Crippen molar-refractivity contribution in [3.05, 3.63) is 124 Å². The highest BCUT2D eigenvalue weighted by atomic mass is 32.2. The maximum Gasteiger partial charge on any atom is 0.410 e. The number of carbonyl (C=O) groups is 2. The molecule has 8 heteroatoms. The Morgan fingerprint density at radius 2 is 1.46 bits per heavy atom. The first-order chi connectivity index (χ1) is 19.8. The van der Waals surface area contributed by atoms with Crippen LogP contribution in [0, 0.1) is 0 Å². The number of thiazole rings is 1. The van der Waals surface area contributed by atoms with Crippen molar-refractivity contribution >= 4 is 35.1 Å². The van der Waals surface area contributed by atoms with E-state index in [0.29, 0.717) is 18.0 Å². The molecule has 0 bridgehead atoms. The second kappa shape index (κ2) is 12.5. The molecule has 3 aromatic carbocycles. The molecular formula is C33H35N3O3S2. The average molecular weight is 586 g/mol. The number of benzene rings is 3. The minimum Gasteiger partial charge on any atom is -0.444 e. The van der Waals surface area contributed by atoms with E-state index in [1.165, 1.54) is 11.3 Å². The van der Waals surface area contributed by atoms with Crippen molar-refractivity contribution in [1.82, 2.24) is 15.2 Å². The molecule has 0 unspecified atom stereocenters. The SMILES string of the molecule is CC(C)(C)OC(=O)N1CC[C@H](SC(c2ccccc2)(c2ccccc2)c2ccccc2)[C@@H]1CNC(=O)c1cncs1. The third-order valence-electron chi connectivity index (χ3n) is 7.11. The van der Waals surface area contributed by atoms with Crippen LogP contribution in [0.1, 0.15) is 53.6 Å². The molecule has 1 fully saturated rings. The molecule has 5 rings (SSSR count). The van der Waals surface area contributed by atoms with Crippen molar-refractivity contribution in [3.63, 3.8) is 0 Å². The molecule has 1 aromatic heterocycles. The molecule has 2 amide bonds. The van der Waals surface area contributed by atoms with Gasteiger partial charge in [0.1, 0.15) is 10.5 Å². The molecule has 0 aliphatic carbocycles. The Labute approximate surface area is 250 Å². The van der Waals surface area contributed by atoms with Gasteiger partial charge in [0.15, 0.2) is 0 Å². The summed E-state index contributed by atoms with van der Waals surface area (Å²) in [6.45, 7) is 6.47. The normalized spacial score (nSPS) is 17.3. The molecule has 212 valence electrons. The molecule has 1 N–H and O–H groups in total. The summed E-state index contributed by atoms with van der Waals surface area (Å²) in [5, 5.41) is 3.08. The van der Waals surface area contributed by atoms with Crippen LogP contribution < -0.4 is 5.32 Å². The van der Waals surface area contributed by atoms with Crippen molar-refractivity contribution in [2.75, 3.05) is 13.1 Å². The summed E-state index contributed by atoms with van der Waals surface area (Å²) in [6.07, 6.45) is 1.97. The van der Waals surface area contributed by atoms with Crippen LogP contribution in [-0.2, 0) is 9.48 Å². The number of rotatable bonds is 8. The zero-order valence-corrected chi connectivity index (χ0v) is 25.2. The van der Waals surface area contributed by atoms with E-state index in [-0.39, 0.29) is 23.3 Å². The fourth-order valence-corrected chi connectivity index (χ4v) is 7.74. The lowest BCUT2D eigenvalue weighted by Crippen LogP contribution is -2.48. The molecule has 41 heavy (non-hydrogen) atoms. The van der Waals surface area contributed by atoms with Gasteiger partial charge in [0.05, 0.1) is 22.5 Å². The van der Waals surface area contributed by atoms with Crippen LogP contribution in [0.2, 0.25) is 0 Å². The second-order valence-corrected chi connectivity index (χ2v) is 13.4. The van der Waals surface area contributed by atoms with Crippen molar-refractivity contribution in [2.24, 2.45) is 0 Å². The molecule has 6 nitrogen and oxygen atoms in total. The average Bonchev–Trinajstić information content (AvgIpc) is 3.66. The molecule has 1 aliphatic heterocycles. The predicted octanol–water partition coefficient (Wildman–Crippen LogP) is 6.98. The standard InChI is InChI=1S/C33H35N3O3S2/c1-32(2,3)39-31(38)36-20-19-28(27(36)21-35-30(37)29-22-34-23-40-29)41-33(24-13-7-4-8-14-24,25-15-9-5-10-16-25)26-17-11-6-12-18-26/h4-18,22-23,27-28H,19-21H2,1-3H3,(H,35,37)/t27-,28-/m0/s1. The van der Waals surface area contributed by atoms with E-state index < -0.39 is 10.3 Å². The zero-order chi connectivity index (χ0) is 28.9. The van der Waals surface area contributed by atoms with Crippen LogP contribution in [0.4, 0.5) is 4.79 Å². The van der Waals surface area contributed by atoms with Crippen molar-refractivity contribution in [3.8, 4) is 0 Å². The lowest BCUT2D eigenvalue weighted by Gasteiger charge is -2.39. The Morgan fingerprint density at radius 1 is 0.927 bits per heavy atom. The monoisotopic (exact) mass is 585 g/mol. The number of hydrogen-bond acceptors (Lipinski definition) is 6. The predicted molar refractivity (Wildman–Crippen MR) is 166 cm³/mol. The highest BCUT2D eigenvalue weighted by Crippen LogP contribution is 2.52. The number of likely N-dealkylation sites (tertiary alicyclic amines) is 1. The van der Waals surface area contributed by atoms with Crippen LogP contribution in [-0.4, -0.2) is 51.9 Å². The minimum atomic E-state index is -0.624. The van der Waals surface area contributed by atoms with Gasteiger partial charge in [0, 0.05) is 18.3 Å². The first kappa shape index (κ1) is 28.9. The summed E-state index contributed by atoms with van der Waals surface area (Å²) in [5.41, 5.74) is 4.49. The largest absolute Gasteiger partial charge is 0.444 e. The van der Waals surface area contributed by atoms with Crippen LogP contribution >= 0.6 is 23.1 Å². The number of amides is 2. The van der Waals surface area contributed by atoms with Gasteiger partial charge >= 0.3 is 6.09 Å². The topological polar surface area (TPSA) is 71.5 Å². The number of thioether (sulfide) groups is 1. The second-order valence-electron chi connectivity index (χ2n) is 11.0. The summed E-state index contributed by atoms with van der Waals surface area (Å²) in [5.74, 6) is -0.187. The Bertz CT molecular complexity index is 1330. The van der Waals surface area contributed by atoms with Gasteiger partial charge in [0.25, 0.3) is 5.91 Å². The van der Waals surface area contributed by atoms with E-state index in [2.05, 4.69) is 83.1 Å². The maximum absolute atomic E-state index is 13.4. The molecule has 1 aliphatic rings. The number of aromatic nitrogens is 1. The minimum absolute atomic E-state index is 0.00453. The fourth-order valence-electron chi connectivity index (χ4n) is 5.31. The van der Waals surface area contributed by atoms with Crippen LogP contribution in [0.15, 0.2) is 103 Å². The first-order valence-corrected chi connectivity index (χ1v) is 15.5. The molecule has 0 spiro atoms. The number of carbonyl (C=O) groups excluding carboxylic acids is 2. The Hall–Kier alpha value is -3.62. The van der Waals surface area contributed by atoms with E-state index in [0.717, 1.165) is 23.1 Å². The van der Waals surface area contributed by atoms with Crippen molar-refractivity contribution < 1.29 is 14.3 Å². The third kappa shape index (κ3) is 6.49. The van der Waals surface area contributed by atoms with Gasteiger partial charge in [-0.3, -0.25) is 9.78 Å². The molecule has 2 atom stereocenters. The van der Waals surface area contributed by atoms with Crippen LogP contribution in [0.5, 0.6) is 0 Å². The van der Waals surface area contributed by atoms with Gasteiger partial charge in [0.2, 0.25) is 0 Å². The molecule has 4 aromatic rings. The fraction of sp³-hybridized carbons (Fsp3) is 0.303. The van der Waals surface area contributed by atoms with Crippen molar-refractivity contribution in [2.45, 2.75) is 48.8 Å². The van der Waals surface area contributed by atoms with Gasteiger partial charge in [-0.05, 0) is 43.9 Å². The smallest absolute Gasteiger partial charge is 0.410 e. The van der Waals surface area contributed by atoms with Gasteiger partial charge < -0.3 is 15.0 Å². The van der Waals surface area contributed by atoms with E-state index in [1.807, 2.05) is 50.7 Å². The van der Waals surface area contributed by atoms with Crippen LogP contribution in [0.25, 0.3) is 0 Å². The lowest BCUT2D eigenvalue weighted by molar-refractivity contribution is 0.0226. The van der Waals surface area contributed by atoms with Gasteiger partial charge in [-0.25, -0.2) is 4.79 Å². The number of nitrogens with zero attached hydrogens (tertiary/aromatic N) is 2. The molecule has 0 saturated carbocycles.